The van der Waals surface area contributed by atoms with Crippen molar-refractivity contribution in [3.8, 4) is 0 Å². The Hall–Kier alpha value is -1.50. The van der Waals surface area contributed by atoms with Crippen molar-refractivity contribution in [1.29, 1.82) is 0 Å². The summed E-state index contributed by atoms with van der Waals surface area (Å²) < 4.78 is 15.4. The van der Waals surface area contributed by atoms with E-state index in [2.05, 4.69) is 15.2 Å². The van der Waals surface area contributed by atoms with E-state index in [1.54, 1.807) is 10.7 Å². The van der Waals surface area contributed by atoms with Crippen LogP contribution in [-0.4, -0.2) is 38.1 Å². The van der Waals surface area contributed by atoms with Crippen molar-refractivity contribution >= 4 is 11.6 Å². The Balaban J connectivity index is 1.73. The molecule has 0 bridgehead atoms. The minimum Gasteiger partial charge on any atom is -0.382 e. The second-order valence-corrected chi connectivity index (χ2v) is 7.18. The molecular formula is C17H22ClFN4O. The fraction of sp³-hybridized carbons (Fsp3) is 0.529. The molecule has 1 fully saturated rings. The fourth-order valence-corrected chi connectivity index (χ4v) is 3.22. The van der Waals surface area contributed by atoms with Crippen LogP contribution in [0.15, 0.2) is 24.4 Å². The van der Waals surface area contributed by atoms with Gasteiger partial charge in [0, 0.05) is 19.1 Å². The van der Waals surface area contributed by atoms with Crippen molar-refractivity contribution in [2.24, 2.45) is 0 Å². The predicted octanol–water partition coefficient (Wildman–Crippen LogP) is 3.14. The first-order chi connectivity index (χ1) is 11.4. The first kappa shape index (κ1) is 17.3. The van der Waals surface area contributed by atoms with Crippen LogP contribution in [0.1, 0.15) is 44.0 Å². The number of halogens is 2. The van der Waals surface area contributed by atoms with Crippen LogP contribution in [0.5, 0.6) is 0 Å². The van der Waals surface area contributed by atoms with Crippen molar-refractivity contribution in [3.63, 3.8) is 0 Å². The molecule has 1 aliphatic heterocycles. The summed E-state index contributed by atoms with van der Waals surface area (Å²) in [6.45, 7) is 5.91. The van der Waals surface area contributed by atoms with Gasteiger partial charge in [-0.25, -0.2) is 9.07 Å². The molecule has 5 nitrogen and oxygen atoms in total. The molecule has 0 unspecified atom stereocenters. The van der Waals surface area contributed by atoms with Crippen LogP contribution in [-0.2, 0) is 12.1 Å². The molecule has 2 aromatic rings. The highest BCUT2D eigenvalue weighted by molar-refractivity contribution is 6.30. The largest absolute Gasteiger partial charge is 0.382 e. The molecule has 0 radical (unpaired) electrons. The summed E-state index contributed by atoms with van der Waals surface area (Å²) in [5.74, 6) is -0.415. The topological polar surface area (TPSA) is 54.2 Å². The quantitative estimate of drug-likeness (QED) is 0.918. The Morgan fingerprint density at radius 3 is 2.88 bits per heavy atom. The van der Waals surface area contributed by atoms with Crippen LogP contribution in [0.3, 0.4) is 0 Å². The van der Waals surface area contributed by atoms with Gasteiger partial charge in [-0.15, -0.1) is 5.10 Å². The van der Waals surface area contributed by atoms with Gasteiger partial charge in [-0.3, -0.25) is 4.90 Å². The van der Waals surface area contributed by atoms with Crippen LogP contribution >= 0.6 is 11.6 Å². The third kappa shape index (κ3) is 3.61. The van der Waals surface area contributed by atoms with Crippen molar-refractivity contribution < 1.29 is 9.50 Å². The van der Waals surface area contributed by atoms with E-state index in [1.807, 2.05) is 26.1 Å². The molecule has 2 heterocycles. The van der Waals surface area contributed by atoms with Crippen LogP contribution in [0.25, 0.3) is 0 Å². The molecule has 0 saturated carbocycles. The van der Waals surface area contributed by atoms with E-state index in [1.165, 1.54) is 6.07 Å². The van der Waals surface area contributed by atoms with Crippen LogP contribution in [0.4, 0.5) is 4.39 Å². The Morgan fingerprint density at radius 1 is 1.42 bits per heavy atom. The Morgan fingerprint density at radius 2 is 2.21 bits per heavy atom. The monoisotopic (exact) mass is 352 g/mol. The van der Waals surface area contributed by atoms with E-state index in [9.17, 15) is 9.50 Å². The van der Waals surface area contributed by atoms with Gasteiger partial charge in [0.1, 0.15) is 17.1 Å². The highest BCUT2D eigenvalue weighted by Crippen LogP contribution is 2.31. The molecule has 1 saturated heterocycles. The summed E-state index contributed by atoms with van der Waals surface area (Å²) in [5, 5.41) is 19.4. The van der Waals surface area contributed by atoms with Crippen LogP contribution in [0.2, 0.25) is 5.02 Å². The van der Waals surface area contributed by atoms with Crippen LogP contribution < -0.4 is 0 Å². The average Bonchev–Trinajstić information content (AvgIpc) is 3.02. The summed E-state index contributed by atoms with van der Waals surface area (Å²) >= 11 is 5.73. The molecule has 24 heavy (non-hydrogen) atoms. The maximum absolute atomic E-state index is 13.6. The van der Waals surface area contributed by atoms with Gasteiger partial charge < -0.3 is 5.11 Å². The van der Waals surface area contributed by atoms with Gasteiger partial charge in [-0.1, -0.05) is 22.9 Å². The summed E-state index contributed by atoms with van der Waals surface area (Å²) in [7, 11) is 0. The van der Waals surface area contributed by atoms with Gasteiger partial charge in [-0.05, 0) is 50.9 Å². The highest BCUT2D eigenvalue weighted by Gasteiger charge is 2.37. The molecular weight excluding hydrogens is 331 g/mol. The smallest absolute Gasteiger partial charge is 0.142 e. The van der Waals surface area contributed by atoms with E-state index in [0.717, 1.165) is 18.5 Å². The third-order valence-electron chi connectivity index (χ3n) is 4.46. The van der Waals surface area contributed by atoms with Gasteiger partial charge in [0.25, 0.3) is 0 Å². The van der Waals surface area contributed by atoms with Gasteiger partial charge >= 0.3 is 0 Å². The molecule has 7 heteroatoms. The molecule has 130 valence electrons. The summed E-state index contributed by atoms with van der Waals surface area (Å²) in [6, 6.07) is 5.03. The number of benzene rings is 1. The number of piperidine rings is 1. The standard InChI is InChI=1S/C17H22ClFN4O/c1-12(2)23-10-16(20-21-23)17(24)6-3-7-22(11-17)9-13-4-5-14(18)15(19)8-13/h4-5,8,10,12,24H,3,6-7,9,11H2,1-2H3/t17-/m0/s1. The fourth-order valence-electron chi connectivity index (χ4n) is 3.11. The molecule has 1 aromatic carbocycles. The molecule has 0 amide bonds. The Bertz CT molecular complexity index is 720. The SMILES string of the molecule is CC(C)n1cc([C@]2(O)CCCN(Cc3ccc(Cl)c(F)c3)C2)nn1. The molecule has 1 N–H and O–H groups in total. The van der Waals surface area contributed by atoms with Gasteiger partial charge in [0.15, 0.2) is 0 Å². The minimum atomic E-state index is -1.02. The van der Waals surface area contributed by atoms with E-state index < -0.39 is 11.4 Å². The third-order valence-corrected chi connectivity index (χ3v) is 4.76. The number of aromatic nitrogens is 3. The average molecular weight is 353 g/mol. The van der Waals surface area contributed by atoms with E-state index in [-0.39, 0.29) is 11.1 Å². The second-order valence-electron chi connectivity index (χ2n) is 6.77. The zero-order valence-electron chi connectivity index (χ0n) is 13.9. The molecule has 1 aromatic heterocycles. The summed E-state index contributed by atoms with van der Waals surface area (Å²) in [6.07, 6.45) is 3.31. The number of β-amino-alcohol motifs (C(OH)–C–C–N with tert-alkyl or cyclic N) is 1. The molecule has 0 spiro atoms. The lowest BCUT2D eigenvalue weighted by molar-refractivity contribution is -0.0414. The highest BCUT2D eigenvalue weighted by atomic mass is 35.5. The van der Waals surface area contributed by atoms with Crippen molar-refractivity contribution in [3.05, 3.63) is 46.5 Å². The lowest BCUT2D eigenvalue weighted by Crippen LogP contribution is -2.45. The number of hydrogen-bond acceptors (Lipinski definition) is 4. The minimum absolute atomic E-state index is 0.124. The number of likely N-dealkylation sites (tertiary alicyclic amines) is 1. The van der Waals surface area contributed by atoms with Crippen molar-refractivity contribution in [1.82, 2.24) is 19.9 Å². The lowest BCUT2D eigenvalue weighted by atomic mass is 9.89. The zero-order chi connectivity index (χ0) is 17.3. The maximum atomic E-state index is 13.6. The number of rotatable bonds is 4. The normalized spacial score (nSPS) is 22.2. The van der Waals surface area contributed by atoms with E-state index in [0.29, 0.717) is 25.2 Å². The zero-order valence-corrected chi connectivity index (χ0v) is 14.7. The van der Waals surface area contributed by atoms with E-state index in [4.69, 9.17) is 11.6 Å². The van der Waals surface area contributed by atoms with Crippen LogP contribution in [0, 0.1) is 5.82 Å². The van der Waals surface area contributed by atoms with Crippen molar-refractivity contribution in [2.45, 2.75) is 44.9 Å². The van der Waals surface area contributed by atoms with Gasteiger partial charge in [-0.2, -0.15) is 0 Å². The van der Waals surface area contributed by atoms with Gasteiger partial charge in [0.05, 0.1) is 11.2 Å². The summed E-state index contributed by atoms with van der Waals surface area (Å²) in [4.78, 5) is 2.11. The predicted molar refractivity (Wildman–Crippen MR) is 90.2 cm³/mol. The second kappa shape index (κ2) is 6.78. The number of hydrogen-bond donors (Lipinski definition) is 1. The molecule has 1 aliphatic rings. The maximum Gasteiger partial charge on any atom is 0.142 e. The molecule has 0 aliphatic carbocycles. The lowest BCUT2D eigenvalue weighted by Gasteiger charge is -2.38. The molecule has 1 atom stereocenters. The summed E-state index contributed by atoms with van der Waals surface area (Å²) in [5.41, 5.74) is 0.422. The first-order valence-corrected chi connectivity index (χ1v) is 8.56. The molecule has 3 rings (SSSR count). The Kier molecular flexibility index (Phi) is 4.90. The Labute approximate surface area is 146 Å². The first-order valence-electron chi connectivity index (χ1n) is 8.18. The number of aliphatic hydroxyl groups is 1. The van der Waals surface area contributed by atoms with Crippen molar-refractivity contribution in [2.75, 3.05) is 13.1 Å². The number of nitrogens with zero attached hydrogens (tertiary/aromatic N) is 4. The van der Waals surface area contributed by atoms with E-state index >= 15 is 0 Å². The van der Waals surface area contributed by atoms with Gasteiger partial charge in [0.2, 0.25) is 0 Å².